The normalized spacial score (nSPS) is 11.0. The summed E-state index contributed by atoms with van der Waals surface area (Å²) in [4.78, 5) is 4.37. The zero-order valence-corrected chi connectivity index (χ0v) is 12.4. The maximum Gasteiger partial charge on any atom is 0.166 e. The molecule has 2 aromatic heterocycles. The van der Waals surface area contributed by atoms with Crippen LogP contribution in [-0.4, -0.2) is 21.7 Å². The van der Waals surface area contributed by atoms with Crippen LogP contribution in [0.2, 0.25) is 10.3 Å². The van der Waals surface area contributed by atoms with Gasteiger partial charge in [-0.25, -0.2) is 9.50 Å². The SMILES string of the molecule is COc1ccccc1-c1cnn2c(Cl)c(C)c(Cl)nc12. The molecule has 0 aliphatic heterocycles. The first-order valence-corrected chi connectivity index (χ1v) is 6.71. The zero-order valence-electron chi connectivity index (χ0n) is 10.9. The lowest BCUT2D eigenvalue weighted by Gasteiger charge is -2.07. The lowest BCUT2D eigenvalue weighted by molar-refractivity contribution is 0.416. The third-order valence-electron chi connectivity index (χ3n) is 3.15. The third kappa shape index (κ3) is 1.92. The molecule has 3 rings (SSSR count). The summed E-state index contributed by atoms with van der Waals surface area (Å²) in [7, 11) is 1.63. The Hall–Kier alpha value is -1.78. The van der Waals surface area contributed by atoms with E-state index in [1.807, 2.05) is 31.2 Å². The highest BCUT2D eigenvalue weighted by molar-refractivity contribution is 6.34. The fourth-order valence-corrected chi connectivity index (χ4v) is 2.50. The summed E-state index contributed by atoms with van der Waals surface area (Å²) >= 11 is 12.4. The number of hydrogen-bond acceptors (Lipinski definition) is 3. The second-order valence-electron chi connectivity index (χ2n) is 4.31. The Morgan fingerprint density at radius 1 is 1.15 bits per heavy atom. The molecule has 0 bridgehead atoms. The Morgan fingerprint density at radius 3 is 2.65 bits per heavy atom. The van der Waals surface area contributed by atoms with Gasteiger partial charge in [0.15, 0.2) is 5.65 Å². The first-order valence-electron chi connectivity index (χ1n) is 5.96. The maximum atomic E-state index is 6.25. The Bertz CT molecular complexity index is 798. The molecule has 0 radical (unpaired) electrons. The molecule has 6 heteroatoms. The Kier molecular flexibility index (Phi) is 3.28. The molecule has 102 valence electrons. The van der Waals surface area contributed by atoms with Crippen LogP contribution in [0.1, 0.15) is 5.56 Å². The van der Waals surface area contributed by atoms with Gasteiger partial charge in [-0.05, 0) is 13.0 Å². The number of methoxy groups -OCH3 is 1. The number of nitrogens with zero attached hydrogens (tertiary/aromatic N) is 3. The number of rotatable bonds is 2. The van der Waals surface area contributed by atoms with Crippen LogP contribution < -0.4 is 4.74 Å². The zero-order chi connectivity index (χ0) is 14.3. The molecule has 0 saturated carbocycles. The van der Waals surface area contributed by atoms with Crippen LogP contribution in [-0.2, 0) is 0 Å². The van der Waals surface area contributed by atoms with E-state index in [0.29, 0.717) is 21.5 Å². The third-order valence-corrected chi connectivity index (χ3v) is 3.96. The summed E-state index contributed by atoms with van der Waals surface area (Å²) in [5.41, 5.74) is 3.03. The smallest absolute Gasteiger partial charge is 0.166 e. The molecule has 3 aromatic rings. The van der Waals surface area contributed by atoms with Crippen molar-refractivity contribution in [1.82, 2.24) is 14.6 Å². The van der Waals surface area contributed by atoms with Gasteiger partial charge >= 0.3 is 0 Å². The molecule has 2 heterocycles. The molecular weight excluding hydrogens is 297 g/mol. The Balaban J connectivity index is 2.33. The maximum absolute atomic E-state index is 6.25. The largest absolute Gasteiger partial charge is 0.496 e. The molecule has 0 atom stereocenters. The van der Waals surface area contributed by atoms with Crippen LogP contribution in [0.25, 0.3) is 16.8 Å². The average molecular weight is 308 g/mol. The van der Waals surface area contributed by atoms with Crippen LogP contribution in [0.5, 0.6) is 5.75 Å². The van der Waals surface area contributed by atoms with E-state index in [4.69, 9.17) is 27.9 Å². The van der Waals surface area contributed by atoms with Crippen molar-refractivity contribution >= 4 is 28.8 Å². The van der Waals surface area contributed by atoms with Gasteiger partial charge in [-0.1, -0.05) is 41.4 Å². The summed E-state index contributed by atoms with van der Waals surface area (Å²) in [6, 6.07) is 7.67. The second kappa shape index (κ2) is 4.96. The van der Waals surface area contributed by atoms with Crippen LogP contribution in [0, 0.1) is 6.92 Å². The minimum atomic E-state index is 0.374. The topological polar surface area (TPSA) is 39.4 Å². The minimum absolute atomic E-state index is 0.374. The van der Waals surface area contributed by atoms with Gasteiger partial charge in [0.05, 0.1) is 18.9 Å². The van der Waals surface area contributed by atoms with Crippen molar-refractivity contribution in [2.75, 3.05) is 7.11 Å². The molecule has 0 N–H and O–H groups in total. The molecule has 20 heavy (non-hydrogen) atoms. The van der Waals surface area contributed by atoms with E-state index in [1.54, 1.807) is 17.8 Å². The van der Waals surface area contributed by atoms with E-state index in [1.165, 1.54) is 0 Å². The summed E-state index contributed by atoms with van der Waals surface area (Å²) < 4.78 is 6.95. The number of benzene rings is 1. The van der Waals surface area contributed by atoms with Gasteiger partial charge in [-0.3, -0.25) is 0 Å². The predicted molar refractivity (Wildman–Crippen MR) is 79.7 cm³/mol. The summed E-state index contributed by atoms with van der Waals surface area (Å²) in [5.74, 6) is 0.747. The number of fused-ring (bicyclic) bond motifs is 1. The molecule has 0 spiro atoms. The van der Waals surface area contributed by atoms with Crippen molar-refractivity contribution in [3.8, 4) is 16.9 Å². The van der Waals surface area contributed by atoms with Crippen molar-refractivity contribution < 1.29 is 4.74 Å². The molecule has 0 aliphatic carbocycles. The van der Waals surface area contributed by atoms with Crippen molar-refractivity contribution in [1.29, 1.82) is 0 Å². The standard InChI is InChI=1S/C14H11Cl2N3O/c1-8-12(15)18-14-10(7-17-19(14)13(8)16)9-5-3-4-6-11(9)20-2/h3-7H,1-2H3. The van der Waals surface area contributed by atoms with Crippen molar-refractivity contribution in [3.63, 3.8) is 0 Å². The highest BCUT2D eigenvalue weighted by Crippen LogP contribution is 2.34. The van der Waals surface area contributed by atoms with E-state index in [2.05, 4.69) is 10.1 Å². The predicted octanol–water partition coefficient (Wildman–Crippen LogP) is 4.02. The number of aromatic nitrogens is 3. The fourth-order valence-electron chi connectivity index (χ4n) is 2.07. The molecule has 0 fully saturated rings. The Labute approximate surface area is 125 Å². The average Bonchev–Trinajstić information content (AvgIpc) is 2.88. The molecule has 4 nitrogen and oxygen atoms in total. The van der Waals surface area contributed by atoms with Crippen LogP contribution in [0.3, 0.4) is 0 Å². The van der Waals surface area contributed by atoms with Gasteiger partial charge < -0.3 is 4.74 Å². The van der Waals surface area contributed by atoms with E-state index < -0.39 is 0 Å². The highest BCUT2D eigenvalue weighted by Gasteiger charge is 2.16. The van der Waals surface area contributed by atoms with Crippen LogP contribution in [0.15, 0.2) is 30.5 Å². The monoisotopic (exact) mass is 307 g/mol. The number of ether oxygens (including phenoxy) is 1. The number of hydrogen-bond donors (Lipinski definition) is 0. The van der Waals surface area contributed by atoms with Gasteiger partial charge in [0.1, 0.15) is 16.1 Å². The van der Waals surface area contributed by atoms with E-state index in [9.17, 15) is 0 Å². The van der Waals surface area contributed by atoms with E-state index in [-0.39, 0.29) is 0 Å². The first kappa shape index (κ1) is 13.2. The van der Waals surface area contributed by atoms with Crippen molar-refractivity contribution in [2.24, 2.45) is 0 Å². The second-order valence-corrected chi connectivity index (χ2v) is 5.03. The molecule has 0 saturated heterocycles. The number of halogens is 2. The lowest BCUT2D eigenvalue weighted by Crippen LogP contribution is -1.97. The summed E-state index contributed by atoms with van der Waals surface area (Å²) in [5, 5.41) is 5.11. The van der Waals surface area contributed by atoms with Gasteiger partial charge in [-0.15, -0.1) is 0 Å². The highest BCUT2D eigenvalue weighted by atomic mass is 35.5. The molecule has 0 unspecified atom stereocenters. The lowest BCUT2D eigenvalue weighted by atomic mass is 10.1. The quantitative estimate of drug-likeness (QED) is 0.671. The van der Waals surface area contributed by atoms with Gasteiger partial charge in [0, 0.05) is 11.1 Å². The minimum Gasteiger partial charge on any atom is -0.496 e. The molecule has 1 aromatic carbocycles. The van der Waals surface area contributed by atoms with Gasteiger partial charge in [-0.2, -0.15) is 5.10 Å². The summed E-state index contributed by atoms with van der Waals surface area (Å²) in [6.07, 6.45) is 1.71. The summed E-state index contributed by atoms with van der Waals surface area (Å²) in [6.45, 7) is 1.81. The number of para-hydroxylation sites is 1. The molecule has 0 amide bonds. The molecular formula is C14H11Cl2N3O. The first-order chi connectivity index (χ1) is 9.63. The Morgan fingerprint density at radius 2 is 1.90 bits per heavy atom. The van der Waals surface area contributed by atoms with Crippen molar-refractivity contribution in [2.45, 2.75) is 6.92 Å². The fraction of sp³-hybridized carbons (Fsp3) is 0.143. The van der Waals surface area contributed by atoms with Crippen LogP contribution in [0.4, 0.5) is 0 Å². The van der Waals surface area contributed by atoms with E-state index in [0.717, 1.165) is 16.9 Å². The van der Waals surface area contributed by atoms with Gasteiger partial charge in [0.2, 0.25) is 0 Å². The van der Waals surface area contributed by atoms with Crippen LogP contribution >= 0.6 is 23.2 Å². The van der Waals surface area contributed by atoms with Gasteiger partial charge in [0.25, 0.3) is 0 Å². The van der Waals surface area contributed by atoms with E-state index >= 15 is 0 Å². The van der Waals surface area contributed by atoms with Crippen molar-refractivity contribution in [3.05, 3.63) is 46.3 Å². The molecule has 0 aliphatic rings.